The monoisotopic (exact) mass is 468 g/mol. The Kier molecular flexibility index (Phi) is 7.97. The van der Waals surface area contributed by atoms with Crippen LogP contribution in [0.1, 0.15) is 26.3 Å². The second-order valence-electron chi connectivity index (χ2n) is 10.5. The molecule has 3 aromatic rings. The normalized spacial score (nSPS) is 12.7. The van der Waals surface area contributed by atoms with Crippen LogP contribution in [0.5, 0.6) is 0 Å². The summed E-state index contributed by atoms with van der Waals surface area (Å²) >= 11 is 0. The van der Waals surface area contributed by atoms with E-state index in [2.05, 4.69) is 143 Å². The second-order valence-corrected chi connectivity index (χ2v) is 19.5. The summed E-state index contributed by atoms with van der Waals surface area (Å²) in [6.07, 6.45) is 2.18. The average molecular weight is 469 g/mol. The highest BCUT2D eigenvalue weighted by Gasteiger charge is 2.49. The molecule has 0 spiro atoms. The van der Waals surface area contributed by atoms with Crippen molar-refractivity contribution in [3.63, 3.8) is 0 Å². The molecule has 3 rings (SSSR count). The lowest BCUT2D eigenvalue weighted by atomic mass is 10.1. The molecule has 0 unspecified atom stereocenters. The summed E-state index contributed by atoms with van der Waals surface area (Å²) in [5, 5.41) is 2.55. The van der Waals surface area contributed by atoms with Gasteiger partial charge in [-0.05, 0) is 27.1 Å². The van der Waals surface area contributed by atoms with Gasteiger partial charge in [-0.3, -0.25) is 0 Å². The molecule has 170 valence electrons. The van der Waals surface area contributed by atoms with Crippen LogP contribution in [0.15, 0.2) is 97.1 Å². The van der Waals surface area contributed by atoms with Crippen LogP contribution in [0.3, 0.4) is 0 Å². The Balaban J connectivity index is 2.07. The summed E-state index contributed by atoms with van der Waals surface area (Å²) in [5.41, 5.74) is 5.74. The van der Waals surface area contributed by atoms with Crippen molar-refractivity contribution in [1.82, 2.24) is 0 Å². The predicted molar refractivity (Wildman–Crippen MR) is 149 cm³/mol. The molecule has 0 bridgehead atoms. The molecule has 3 heteroatoms. The first-order valence-corrected chi connectivity index (χ1v) is 17.1. The highest BCUT2D eigenvalue weighted by molar-refractivity contribution is 6.99. The Labute approximate surface area is 202 Å². The van der Waals surface area contributed by atoms with Gasteiger partial charge in [0.25, 0.3) is 8.32 Å². The maximum absolute atomic E-state index is 7.06. The van der Waals surface area contributed by atoms with Crippen LogP contribution in [0.2, 0.25) is 24.7 Å². The van der Waals surface area contributed by atoms with Gasteiger partial charge in [0, 0.05) is 5.57 Å². The molecule has 0 N–H and O–H groups in total. The van der Waals surface area contributed by atoms with Gasteiger partial charge < -0.3 is 4.43 Å². The fraction of sp³-hybridized carbons (Fsp3) is 0.267. The first kappa shape index (κ1) is 25.0. The molecule has 0 aliphatic carbocycles. The van der Waals surface area contributed by atoms with E-state index in [1.807, 2.05) is 6.07 Å². The SMILES string of the molecule is CC(C)(C)[Si](OC/C=C(/C#C[Si](C)(C)C)c1ccccc1)(c1ccccc1)c1ccccc1. The quantitative estimate of drug-likeness (QED) is 0.295. The summed E-state index contributed by atoms with van der Waals surface area (Å²) < 4.78 is 7.06. The highest BCUT2D eigenvalue weighted by Crippen LogP contribution is 2.36. The maximum atomic E-state index is 7.06. The van der Waals surface area contributed by atoms with Crippen LogP contribution in [-0.4, -0.2) is 23.0 Å². The molecule has 0 aliphatic heterocycles. The van der Waals surface area contributed by atoms with E-state index in [9.17, 15) is 0 Å². The largest absolute Gasteiger partial charge is 0.404 e. The van der Waals surface area contributed by atoms with E-state index in [4.69, 9.17) is 4.43 Å². The van der Waals surface area contributed by atoms with Gasteiger partial charge in [-0.25, -0.2) is 0 Å². The zero-order valence-corrected chi connectivity index (χ0v) is 22.9. The third-order valence-corrected chi connectivity index (χ3v) is 11.5. The Morgan fingerprint density at radius 1 is 0.758 bits per heavy atom. The molecule has 0 saturated heterocycles. The van der Waals surface area contributed by atoms with Crippen molar-refractivity contribution in [2.24, 2.45) is 0 Å². The second kappa shape index (κ2) is 10.5. The van der Waals surface area contributed by atoms with Crippen molar-refractivity contribution < 1.29 is 4.43 Å². The van der Waals surface area contributed by atoms with E-state index >= 15 is 0 Å². The van der Waals surface area contributed by atoms with Crippen LogP contribution in [0, 0.1) is 11.5 Å². The van der Waals surface area contributed by atoms with Crippen LogP contribution in [0.4, 0.5) is 0 Å². The summed E-state index contributed by atoms with van der Waals surface area (Å²) in [4.78, 5) is 0. The van der Waals surface area contributed by atoms with E-state index < -0.39 is 16.4 Å². The van der Waals surface area contributed by atoms with Gasteiger partial charge in [0.2, 0.25) is 0 Å². The summed E-state index contributed by atoms with van der Waals surface area (Å²) in [7, 11) is -4.06. The number of hydrogen-bond acceptors (Lipinski definition) is 1. The minimum atomic E-state index is -2.56. The summed E-state index contributed by atoms with van der Waals surface area (Å²) in [6, 6.07) is 32.0. The number of allylic oxidation sites excluding steroid dienone is 1. The van der Waals surface area contributed by atoms with Crippen LogP contribution in [0.25, 0.3) is 5.57 Å². The number of hydrogen-bond donors (Lipinski definition) is 0. The first-order valence-electron chi connectivity index (χ1n) is 11.7. The van der Waals surface area contributed by atoms with Gasteiger partial charge in [0.1, 0.15) is 8.07 Å². The van der Waals surface area contributed by atoms with Crippen LogP contribution >= 0.6 is 0 Å². The predicted octanol–water partition coefficient (Wildman–Crippen LogP) is 6.53. The molecule has 0 aliphatic rings. The third-order valence-electron chi connectivity index (χ3n) is 5.66. The van der Waals surface area contributed by atoms with Crippen molar-refractivity contribution in [2.75, 3.05) is 6.61 Å². The molecule has 0 saturated carbocycles. The molecule has 1 nitrogen and oxygen atoms in total. The van der Waals surface area contributed by atoms with Gasteiger partial charge in [-0.15, -0.1) is 5.54 Å². The van der Waals surface area contributed by atoms with Gasteiger partial charge in [-0.2, -0.15) is 0 Å². The minimum absolute atomic E-state index is 0.0412. The van der Waals surface area contributed by atoms with Gasteiger partial charge in [0.05, 0.1) is 6.61 Å². The van der Waals surface area contributed by atoms with E-state index in [-0.39, 0.29) is 5.04 Å². The summed E-state index contributed by atoms with van der Waals surface area (Å²) in [5.74, 6) is 3.49. The molecule has 0 fully saturated rings. The van der Waals surface area contributed by atoms with Crippen molar-refractivity contribution in [1.29, 1.82) is 0 Å². The van der Waals surface area contributed by atoms with Crippen LogP contribution in [-0.2, 0) is 4.43 Å². The maximum Gasteiger partial charge on any atom is 0.261 e. The standard InChI is InChI=1S/C30H36OSi2/c1-30(2,3)33(28-18-12-8-13-19-28,29-20-14-9-15-21-29)31-24-22-27(23-25-32(4,5)6)26-16-10-7-11-17-26/h7-22H,24H2,1-6H3/b27-22-. The van der Waals surface area contributed by atoms with Crippen molar-refractivity contribution in [3.8, 4) is 11.5 Å². The Hall–Kier alpha value is -2.65. The van der Waals surface area contributed by atoms with Crippen molar-refractivity contribution in [3.05, 3.63) is 103 Å². The lowest BCUT2D eigenvalue weighted by Crippen LogP contribution is -2.66. The first-order chi connectivity index (χ1) is 15.6. The fourth-order valence-corrected chi connectivity index (χ4v) is 9.12. The van der Waals surface area contributed by atoms with Gasteiger partial charge in [-0.1, -0.05) is 137 Å². The Bertz CT molecular complexity index is 1070. The fourth-order valence-electron chi connectivity index (χ4n) is 4.13. The van der Waals surface area contributed by atoms with Crippen LogP contribution < -0.4 is 10.4 Å². The minimum Gasteiger partial charge on any atom is -0.404 e. The summed E-state index contributed by atoms with van der Waals surface area (Å²) in [6.45, 7) is 14.3. The smallest absolute Gasteiger partial charge is 0.261 e. The molecule has 0 aromatic heterocycles. The molecule has 0 heterocycles. The zero-order chi connectivity index (χ0) is 24.0. The molecule has 0 amide bonds. The number of rotatable bonds is 6. The Morgan fingerprint density at radius 2 is 1.21 bits per heavy atom. The highest BCUT2D eigenvalue weighted by atomic mass is 28.4. The zero-order valence-electron chi connectivity index (χ0n) is 20.9. The molecule has 3 aromatic carbocycles. The molecule has 33 heavy (non-hydrogen) atoms. The molecule has 0 atom stereocenters. The van der Waals surface area contributed by atoms with Crippen molar-refractivity contribution in [2.45, 2.75) is 45.5 Å². The van der Waals surface area contributed by atoms with E-state index in [1.54, 1.807) is 0 Å². The molecular formula is C30H36OSi2. The molecule has 0 radical (unpaired) electrons. The molecular weight excluding hydrogens is 433 g/mol. The van der Waals surface area contributed by atoms with E-state index in [0.717, 1.165) is 11.1 Å². The van der Waals surface area contributed by atoms with E-state index in [0.29, 0.717) is 6.61 Å². The van der Waals surface area contributed by atoms with Crippen molar-refractivity contribution >= 4 is 32.3 Å². The van der Waals surface area contributed by atoms with Gasteiger partial charge in [0.15, 0.2) is 0 Å². The lowest BCUT2D eigenvalue weighted by Gasteiger charge is -2.42. The lowest BCUT2D eigenvalue weighted by molar-refractivity contribution is 0.340. The average Bonchev–Trinajstić information content (AvgIpc) is 2.79. The Morgan fingerprint density at radius 3 is 1.64 bits per heavy atom. The van der Waals surface area contributed by atoms with E-state index in [1.165, 1.54) is 10.4 Å². The topological polar surface area (TPSA) is 9.23 Å². The number of benzene rings is 3. The third kappa shape index (κ3) is 6.23. The van der Waals surface area contributed by atoms with Gasteiger partial charge >= 0.3 is 0 Å².